The van der Waals surface area contributed by atoms with Crippen molar-refractivity contribution in [2.75, 3.05) is 6.61 Å². The summed E-state index contributed by atoms with van der Waals surface area (Å²) < 4.78 is 42.8. The number of carbonyl (C=O) groups is 6. The van der Waals surface area contributed by atoms with Crippen molar-refractivity contribution in [3.05, 3.63) is 0 Å². The fourth-order valence-corrected chi connectivity index (χ4v) is 8.60. The predicted octanol–water partition coefficient (Wildman–Crippen LogP) is 2.97. The first-order valence-electron chi connectivity index (χ1n) is 15.7. The molecule has 0 aromatic carbocycles. The zero-order chi connectivity index (χ0) is 33.5. The van der Waals surface area contributed by atoms with Gasteiger partial charge >= 0.3 is 35.8 Å². The summed E-state index contributed by atoms with van der Waals surface area (Å²) in [5.41, 5.74) is -4.72. The highest BCUT2D eigenvalue weighted by Crippen LogP contribution is 2.68. The smallest absolute Gasteiger partial charge is 0.309 e. The molecule has 45 heavy (non-hydrogen) atoms. The minimum atomic E-state index is -1.89. The molecule has 13 nitrogen and oxygen atoms in total. The van der Waals surface area contributed by atoms with E-state index >= 15 is 0 Å². The molecule has 0 aromatic rings. The molecule has 0 N–H and O–H groups in total. The van der Waals surface area contributed by atoms with Crippen LogP contribution in [0.3, 0.4) is 0 Å². The fourth-order valence-electron chi connectivity index (χ4n) is 8.60. The Kier molecular flexibility index (Phi) is 9.92. The van der Waals surface area contributed by atoms with Gasteiger partial charge in [0.2, 0.25) is 0 Å². The van der Waals surface area contributed by atoms with E-state index in [0.29, 0.717) is 12.8 Å². The van der Waals surface area contributed by atoms with Crippen LogP contribution in [-0.2, 0) is 61.9 Å². The van der Waals surface area contributed by atoms with Gasteiger partial charge in [-0.05, 0) is 39.0 Å². The van der Waals surface area contributed by atoms with Gasteiger partial charge in [0.1, 0.15) is 35.9 Å². The second-order valence-corrected chi connectivity index (χ2v) is 13.5. The van der Waals surface area contributed by atoms with Gasteiger partial charge in [-0.3, -0.25) is 28.8 Å². The van der Waals surface area contributed by atoms with E-state index in [2.05, 4.69) is 0 Å². The van der Waals surface area contributed by atoms with Crippen molar-refractivity contribution in [2.24, 2.45) is 23.2 Å². The third-order valence-corrected chi connectivity index (χ3v) is 9.94. The number of esters is 6. The van der Waals surface area contributed by atoms with E-state index in [9.17, 15) is 28.8 Å². The standard InChI is InChI=1S/C32H46O13/c1-16-14-23(40-18(3)34)26(41-19(4)35)31(15-39-17(2)33)28(43-21(6)37)25(44-29(38)22-12-10-9-11-13-22)24-27(42-20(5)36)32(16,31)45-30(24,7)8/h16,22-28H,9-15H2,1-8H3/t16-,23+,24-,25-,26+,27-,28-,31+,32-/m1/s1. The summed E-state index contributed by atoms with van der Waals surface area (Å²) in [5, 5.41) is 0. The molecule has 13 heteroatoms. The van der Waals surface area contributed by atoms with Crippen LogP contribution in [0, 0.1) is 23.2 Å². The van der Waals surface area contributed by atoms with Crippen molar-refractivity contribution in [3.63, 3.8) is 0 Å². The van der Waals surface area contributed by atoms with Crippen LogP contribution in [0.2, 0.25) is 0 Å². The van der Waals surface area contributed by atoms with Gasteiger partial charge < -0.3 is 33.2 Å². The Bertz CT molecular complexity index is 1210. The molecule has 0 unspecified atom stereocenters. The maximum Gasteiger partial charge on any atom is 0.309 e. The van der Waals surface area contributed by atoms with E-state index in [0.717, 1.165) is 26.2 Å². The highest BCUT2D eigenvalue weighted by atomic mass is 16.6. The van der Waals surface area contributed by atoms with E-state index in [1.807, 2.05) is 0 Å². The van der Waals surface area contributed by atoms with Crippen molar-refractivity contribution in [3.8, 4) is 0 Å². The molecular weight excluding hydrogens is 592 g/mol. The van der Waals surface area contributed by atoms with Crippen LogP contribution in [0.1, 0.15) is 93.9 Å². The van der Waals surface area contributed by atoms with Crippen LogP contribution in [0.4, 0.5) is 0 Å². The van der Waals surface area contributed by atoms with Gasteiger partial charge in [-0.1, -0.05) is 26.2 Å². The van der Waals surface area contributed by atoms with Crippen molar-refractivity contribution in [1.29, 1.82) is 0 Å². The molecule has 2 bridgehead atoms. The molecule has 9 atom stereocenters. The molecule has 0 radical (unpaired) electrons. The van der Waals surface area contributed by atoms with E-state index in [1.54, 1.807) is 20.8 Å². The Labute approximate surface area is 263 Å². The molecule has 1 spiro atoms. The quantitative estimate of drug-likeness (QED) is 0.281. The van der Waals surface area contributed by atoms with E-state index in [1.165, 1.54) is 27.7 Å². The lowest BCUT2D eigenvalue weighted by Crippen LogP contribution is -2.81. The van der Waals surface area contributed by atoms with Crippen LogP contribution in [0.25, 0.3) is 0 Å². The summed E-state index contributed by atoms with van der Waals surface area (Å²) in [6, 6.07) is 0. The monoisotopic (exact) mass is 638 g/mol. The Morgan fingerprint density at radius 3 is 1.76 bits per heavy atom. The average molecular weight is 639 g/mol. The van der Waals surface area contributed by atoms with Crippen LogP contribution >= 0.6 is 0 Å². The van der Waals surface area contributed by atoms with Gasteiger partial charge in [-0.25, -0.2) is 0 Å². The minimum Gasteiger partial charge on any atom is -0.465 e. The number of hydrogen-bond acceptors (Lipinski definition) is 13. The lowest BCUT2D eigenvalue weighted by Gasteiger charge is -2.64. The third kappa shape index (κ3) is 6.16. The summed E-state index contributed by atoms with van der Waals surface area (Å²) in [5.74, 6) is -6.01. The largest absolute Gasteiger partial charge is 0.465 e. The highest BCUT2D eigenvalue weighted by Gasteiger charge is 2.85. The molecule has 4 fully saturated rings. The second-order valence-electron chi connectivity index (χ2n) is 13.5. The first-order valence-corrected chi connectivity index (χ1v) is 15.7. The summed E-state index contributed by atoms with van der Waals surface area (Å²) in [4.78, 5) is 77.2. The fraction of sp³-hybridized carbons (Fsp3) is 0.812. The average Bonchev–Trinajstić information content (AvgIpc) is 3.11. The van der Waals surface area contributed by atoms with Crippen LogP contribution < -0.4 is 0 Å². The zero-order valence-corrected chi connectivity index (χ0v) is 27.4. The van der Waals surface area contributed by atoms with Crippen molar-refractivity contribution < 1.29 is 61.9 Å². The summed E-state index contributed by atoms with van der Waals surface area (Å²) in [7, 11) is 0. The van der Waals surface area contributed by atoms with E-state index in [4.69, 9.17) is 33.2 Å². The van der Waals surface area contributed by atoms with Gasteiger partial charge in [0, 0.05) is 34.6 Å². The lowest BCUT2D eigenvalue weighted by molar-refractivity contribution is -0.331. The number of rotatable bonds is 8. The van der Waals surface area contributed by atoms with Crippen molar-refractivity contribution >= 4 is 35.8 Å². The second kappa shape index (κ2) is 12.9. The van der Waals surface area contributed by atoms with Gasteiger partial charge in [0.05, 0.1) is 17.4 Å². The van der Waals surface area contributed by atoms with Crippen LogP contribution in [0.5, 0.6) is 0 Å². The van der Waals surface area contributed by atoms with Crippen LogP contribution in [0.15, 0.2) is 0 Å². The molecule has 0 amide bonds. The first kappa shape index (κ1) is 34.6. The molecule has 4 rings (SSSR count). The molecule has 3 saturated carbocycles. The Morgan fingerprint density at radius 1 is 0.689 bits per heavy atom. The molecule has 252 valence electrons. The molecule has 1 saturated heterocycles. The number of carbonyl (C=O) groups excluding carboxylic acids is 6. The molecular formula is C32H46O13. The Balaban J connectivity index is 2.07. The normalized spacial score (nSPS) is 36.9. The molecule has 1 heterocycles. The SMILES string of the molecule is CC(=O)OC[C@]12[C@H](OC(C)=O)[C@H](OC(=O)C3CCCCC3)[C@@H]3[C@@H](OC(C)=O)[C@]1(OC3(C)C)[C@H](C)C[C@H](OC(C)=O)[C@@H]2OC(C)=O. The van der Waals surface area contributed by atoms with Gasteiger partial charge in [0.15, 0.2) is 12.2 Å². The number of fused-ring (bicyclic) bond motifs is 1. The highest BCUT2D eigenvalue weighted by molar-refractivity contribution is 5.73. The van der Waals surface area contributed by atoms with E-state index in [-0.39, 0.29) is 6.42 Å². The Hall–Kier alpha value is -3.22. The number of hydrogen-bond donors (Lipinski definition) is 0. The van der Waals surface area contributed by atoms with Gasteiger partial charge in [-0.2, -0.15) is 0 Å². The predicted molar refractivity (Wildman–Crippen MR) is 153 cm³/mol. The molecule has 0 aromatic heterocycles. The topological polar surface area (TPSA) is 167 Å². The summed E-state index contributed by atoms with van der Waals surface area (Å²) in [6.45, 7) is 10.7. The molecule has 4 aliphatic rings. The summed E-state index contributed by atoms with van der Waals surface area (Å²) >= 11 is 0. The van der Waals surface area contributed by atoms with Gasteiger partial charge in [-0.15, -0.1) is 0 Å². The van der Waals surface area contributed by atoms with Crippen molar-refractivity contribution in [2.45, 2.75) is 136 Å². The maximum atomic E-state index is 13.8. The zero-order valence-electron chi connectivity index (χ0n) is 27.4. The summed E-state index contributed by atoms with van der Waals surface area (Å²) in [6.07, 6.45) is -2.49. The number of ether oxygens (including phenoxy) is 7. The minimum absolute atomic E-state index is 0.0826. The Morgan fingerprint density at radius 2 is 1.22 bits per heavy atom. The lowest BCUT2D eigenvalue weighted by atomic mass is 9.47. The van der Waals surface area contributed by atoms with E-state index < -0.39 is 107 Å². The first-order chi connectivity index (χ1) is 21.0. The van der Waals surface area contributed by atoms with Gasteiger partial charge in [0.25, 0.3) is 0 Å². The molecule has 3 aliphatic carbocycles. The van der Waals surface area contributed by atoms with Crippen molar-refractivity contribution in [1.82, 2.24) is 0 Å². The molecule has 1 aliphatic heterocycles. The third-order valence-electron chi connectivity index (χ3n) is 9.94. The maximum absolute atomic E-state index is 13.8. The van der Waals surface area contributed by atoms with Crippen LogP contribution in [-0.4, -0.2) is 84.1 Å².